The summed E-state index contributed by atoms with van der Waals surface area (Å²) in [6.45, 7) is 7.90. The van der Waals surface area contributed by atoms with E-state index in [1.165, 1.54) is 38.5 Å². The minimum Gasteiger partial charge on any atom is -0.339 e. The minimum atomic E-state index is 0.372. The maximum atomic E-state index is 5.53. The van der Waals surface area contributed by atoms with Gasteiger partial charge < -0.3 is 9.84 Å². The first kappa shape index (κ1) is 15.0. The maximum absolute atomic E-state index is 5.53. The first-order valence-electron chi connectivity index (χ1n) is 8.66. The zero-order chi connectivity index (χ0) is 14.9. The van der Waals surface area contributed by atoms with Gasteiger partial charge in [-0.25, -0.2) is 0 Å². The Morgan fingerprint density at radius 1 is 1.29 bits per heavy atom. The molecule has 2 aliphatic carbocycles. The summed E-state index contributed by atoms with van der Waals surface area (Å²) in [5.74, 6) is 2.95. The molecule has 0 radical (unpaired) electrons. The summed E-state index contributed by atoms with van der Waals surface area (Å²) in [6, 6.07) is 0.631. The molecule has 2 aliphatic rings. The van der Waals surface area contributed by atoms with E-state index in [-0.39, 0.29) is 0 Å². The van der Waals surface area contributed by atoms with Crippen molar-refractivity contribution in [2.45, 2.75) is 77.7 Å². The molecule has 0 amide bonds. The Labute approximate surface area is 128 Å². The van der Waals surface area contributed by atoms with Crippen molar-refractivity contribution in [2.24, 2.45) is 11.3 Å². The predicted octanol–water partition coefficient (Wildman–Crippen LogP) is 3.68. The zero-order valence-electron chi connectivity index (χ0n) is 13.7. The number of rotatable bonds is 6. The summed E-state index contributed by atoms with van der Waals surface area (Å²) >= 11 is 0. The van der Waals surface area contributed by atoms with E-state index in [0.29, 0.717) is 23.3 Å². The van der Waals surface area contributed by atoms with Gasteiger partial charge in [0, 0.05) is 18.4 Å². The molecule has 1 aromatic rings. The van der Waals surface area contributed by atoms with Crippen LogP contribution in [0.2, 0.25) is 0 Å². The normalized spacial score (nSPS) is 31.3. The van der Waals surface area contributed by atoms with Gasteiger partial charge in [0.2, 0.25) is 5.89 Å². The summed E-state index contributed by atoms with van der Waals surface area (Å²) in [4.78, 5) is 4.67. The SMILES string of the molecule is CCCNC1CCCCC1Cc1nc(C2CC2(C)C)no1. The van der Waals surface area contributed by atoms with E-state index in [2.05, 4.69) is 36.2 Å². The number of nitrogens with one attached hydrogen (secondary N) is 1. The van der Waals surface area contributed by atoms with Crippen LogP contribution in [-0.4, -0.2) is 22.7 Å². The molecule has 2 fully saturated rings. The Morgan fingerprint density at radius 3 is 2.76 bits per heavy atom. The number of nitrogens with zero attached hydrogens (tertiary/aromatic N) is 2. The van der Waals surface area contributed by atoms with Crippen molar-refractivity contribution in [3.63, 3.8) is 0 Å². The molecular formula is C17H29N3O. The van der Waals surface area contributed by atoms with Crippen LogP contribution >= 0.6 is 0 Å². The van der Waals surface area contributed by atoms with Crippen LogP contribution in [0.4, 0.5) is 0 Å². The lowest BCUT2D eigenvalue weighted by Crippen LogP contribution is -2.39. The Bertz CT molecular complexity index is 468. The van der Waals surface area contributed by atoms with Gasteiger partial charge in [-0.05, 0) is 43.6 Å². The fourth-order valence-electron chi connectivity index (χ4n) is 3.68. The average molecular weight is 291 g/mol. The van der Waals surface area contributed by atoms with Gasteiger partial charge in [-0.1, -0.05) is 38.8 Å². The minimum absolute atomic E-state index is 0.372. The van der Waals surface area contributed by atoms with Crippen molar-refractivity contribution >= 4 is 0 Å². The average Bonchev–Trinajstić information content (AvgIpc) is 2.89. The van der Waals surface area contributed by atoms with E-state index in [1.807, 2.05) is 0 Å². The fraction of sp³-hybridized carbons (Fsp3) is 0.882. The van der Waals surface area contributed by atoms with Gasteiger partial charge in [0.25, 0.3) is 0 Å². The molecule has 118 valence electrons. The van der Waals surface area contributed by atoms with E-state index >= 15 is 0 Å². The standard InChI is InChI=1S/C17H29N3O/c1-4-9-18-14-8-6-5-7-12(14)10-15-19-16(20-21-15)13-11-17(13,2)3/h12-14,18H,4-11H2,1-3H3. The molecule has 0 spiro atoms. The van der Waals surface area contributed by atoms with Gasteiger partial charge in [0.1, 0.15) is 0 Å². The smallest absolute Gasteiger partial charge is 0.226 e. The second-order valence-corrected chi connectivity index (χ2v) is 7.60. The van der Waals surface area contributed by atoms with Crippen molar-refractivity contribution in [3.8, 4) is 0 Å². The number of hydrogen-bond acceptors (Lipinski definition) is 4. The van der Waals surface area contributed by atoms with Crippen LogP contribution in [0.5, 0.6) is 0 Å². The molecule has 3 atom stereocenters. The Morgan fingerprint density at radius 2 is 2.05 bits per heavy atom. The van der Waals surface area contributed by atoms with Crippen molar-refractivity contribution in [1.82, 2.24) is 15.5 Å². The topological polar surface area (TPSA) is 51.0 Å². The highest BCUT2D eigenvalue weighted by molar-refractivity contribution is 5.14. The van der Waals surface area contributed by atoms with Crippen LogP contribution in [0.15, 0.2) is 4.52 Å². The summed E-state index contributed by atoms with van der Waals surface area (Å²) in [5.41, 5.74) is 0.372. The van der Waals surface area contributed by atoms with Crippen molar-refractivity contribution < 1.29 is 4.52 Å². The lowest BCUT2D eigenvalue weighted by atomic mass is 9.82. The van der Waals surface area contributed by atoms with E-state index in [0.717, 1.165) is 24.7 Å². The maximum Gasteiger partial charge on any atom is 0.226 e. The summed E-state index contributed by atoms with van der Waals surface area (Å²) in [7, 11) is 0. The molecule has 1 heterocycles. The molecule has 0 saturated heterocycles. The Balaban J connectivity index is 1.59. The van der Waals surface area contributed by atoms with E-state index in [9.17, 15) is 0 Å². The summed E-state index contributed by atoms with van der Waals surface area (Å²) < 4.78 is 5.53. The van der Waals surface area contributed by atoms with Gasteiger partial charge in [-0.15, -0.1) is 0 Å². The lowest BCUT2D eigenvalue weighted by Gasteiger charge is -2.31. The van der Waals surface area contributed by atoms with Crippen molar-refractivity contribution in [3.05, 3.63) is 11.7 Å². The van der Waals surface area contributed by atoms with Gasteiger partial charge in [-0.3, -0.25) is 0 Å². The largest absolute Gasteiger partial charge is 0.339 e. The lowest BCUT2D eigenvalue weighted by molar-refractivity contribution is 0.239. The van der Waals surface area contributed by atoms with Gasteiger partial charge in [0.15, 0.2) is 5.82 Å². The van der Waals surface area contributed by atoms with Crippen LogP contribution < -0.4 is 5.32 Å². The molecule has 4 nitrogen and oxygen atoms in total. The molecule has 0 aromatic carbocycles. The molecule has 0 bridgehead atoms. The molecular weight excluding hydrogens is 262 g/mol. The number of aromatic nitrogens is 2. The van der Waals surface area contributed by atoms with Crippen LogP contribution in [0.3, 0.4) is 0 Å². The molecule has 1 N–H and O–H groups in total. The molecule has 1 aromatic heterocycles. The number of hydrogen-bond donors (Lipinski definition) is 1. The molecule has 4 heteroatoms. The second-order valence-electron chi connectivity index (χ2n) is 7.60. The summed E-state index contributed by atoms with van der Waals surface area (Å²) in [6.07, 6.45) is 8.60. The monoisotopic (exact) mass is 291 g/mol. The second kappa shape index (κ2) is 6.07. The third kappa shape index (κ3) is 3.47. The first-order valence-corrected chi connectivity index (χ1v) is 8.66. The first-order chi connectivity index (χ1) is 10.1. The molecule has 2 saturated carbocycles. The van der Waals surface area contributed by atoms with Crippen molar-refractivity contribution in [1.29, 1.82) is 0 Å². The highest BCUT2D eigenvalue weighted by atomic mass is 16.5. The zero-order valence-corrected chi connectivity index (χ0v) is 13.7. The highest BCUT2D eigenvalue weighted by Gasteiger charge is 2.49. The van der Waals surface area contributed by atoms with Crippen LogP contribution in [0.1, 0.15) is 76.9 Å². The van der Waals surface area contributed by atoms with E-state index < -0.39 is 0 Å². The Hall–Kier alpha value is -0.900. The third-order valence-corrected chi connectivity index (χ3v) is 5.31. The molecule has 3 unspecified atom stereocenters. The van der Waals surface area contributed by atoms with Gasteiger partial charge in [0.05, 0.1) is 0 Å². The van der Waals surface area contributed by atoms with E-state index in [1.54, 1.807) is 0 Å². The van der Waals surface area contributed by atoms with Crippen LogP contribution in [0.25, 0.3) is 0 Å². The predicted molar refractivity (Wildman–Crippen MR) is 83.2 cm³/mol. The summed E-state index contributed by atoms with van der Waals surface area (Å²) in [5, 5.41) is 7.93. The van der Waals surface area contributed by atoms with Gasteiger partial charge >= 0.3 is 0 Å². The highest BCUT2D eigenvalue weighted by Crippen LogP contribution is 2.57. The molecule has 3 rings (SSSR count). The molecule has 0 aliphatic heterocycles. The van der Waals surface area contributed by atoms with E-state index in [4.69, 9.17) is 4.52 Å². The fourth-order valence-corrected chi connectivity index (χ4v) is 3.68. The van der Waals surface area contributed by atoms with Crippen molar-refractivity contribution in [2.75, 3.05) is 6.54 Å². The van der Waals surface area contributed by atoms with Crippen LogP contribution in [-0.2, 0) is 6.42 Å². The molecule has 21 heavy (non-hydrogen) atoms. The quantitative estimate of drug-likeness (QED) is 0.868. The third-order valence-electron chi connectivity index (χ3n) is 5.31. The van der Waals surface area contributed by atoms with Gasteiger partial charge in [-0.2, -0.15) is 4.98 Å². The Kier molecular flexibility index (Phi) is 4.34. The van der Waals surface area contributed by atoms with Crippen LogP contribution in [0, 0.1) is 11.3 Å².